The summed E-state index contributed by atoms with van der Waals surface area (Å²) in [5.41, 5.74) is 0. The summed E-state index contributed by atoms with van der Waals surface area (Å²) < 4.78 is 5.52. The summed E-state index contributed by atoms with van der Waals surface area (Å²) in [5.74, 6) is 1.19. The molecule has 6 nitrogen and oxygen atoms in total. The van der Waals surface area contributed by atoms with Crippen LogP contribution in [0.2, 0.25) is 0 Å². The number of anilines is 1. The minimum atomic E-state index is -0.317. The molecule has 0 aliphatic carbocycles. The fourth-order valence-corrected chi connectivity index (χ4v) is 1.41. The lowest BCUT2D eigenvalue weighted by Gasteiger charge is -2.14. The molecule has 104 valence electrons. The zero-order valence-electron chi connectivity index (χ0n) is 11.7. The number of nitrogens with zero attached hydrogens (tertiary/aromatic N) is 3. The van der Waals surface area contributed by atoms with E-state index in [1.807, 2.05) is 11.9 Å². The zero-order valence-corrected chi connectivity index (χ0v) is 11.7. The van der Waals surface area contributed by atoms with Crippen LogP contribution >= 0.6 is 0 Å². The molecule has 1 heterocycles. The van der Waals surface area contributed by atoms with Gasteiger partial charge in [0.05, 0.1) is 12.6 Å². The lowest BCUT2D eigenvalue weighted by molar-refractivity contribution is 0.186. The molecule has 0 radical (unpaired) electrons. The fraction of sp³-hybridized carbons (Fsp3) is 0.833. The summed E-state index contributed by atoms with van der Waals surface area (Å²) in [7, 11) is 1.88. The van der Waals surface area contributed by atoms with Gasteiger partial charge in [0.25, 0.3) is 0 Å². The van der Waals surface area contributed by atoms with Crippen LogP contribution in [0.15, 0.2) is 4.42 Å². The van der Waals surface area contributed by atoms with Crippen molar-refractivity contribution in [3.63, 3.8) is 0 Å². The maximum atomic E-state index is 9.22. The third kappa shape index (κ3) is 5.46. The number of rotatable bonds is 8. The van der Waals surface area contributed by atoms with Crippen molar-refractivity contribution in [3.8, 4) is 0 Å². The summed E-state index contributed by atoms with van der Waals surface area (Å²) in [6.45, 7) is 8.28. The van der Waals surface area contributed by atoms with E-state index >= 15 is 0 Å². The van der Waals surface area contributed by atoms with Gasteiger partial charge in [0, 0.05) is 13.6 Å². The lowest BCUT2D eigenvalue weighted by Crippen LogP contribution is -2.22. The molecule has 1 atom stereocenters. The molecule has 2 N–H and O–H groups in total. The van der Waals surface area contributed by atoms with Crippen LogP contribution in [0, 0.1) is 5.92 Å². The number of hydrogen-bond acceptors (Lipinski definition) is 6. The van der Waals surface area contributed by atoms with E-state index in [0.717, 1.165) is 6.54 Å². The molecule has 0 bridgehead atoms. The van der Waals surface area contributed by atoms with E-state index in [1.165, 1.54) is 0 Å². The summed E-state index contributed by atoms with van der Waals surface area (Å²) in [6, 6.07) is 0.497. The molecule has 0 fully saturated rings. The van der Waals surface area contributed by atoms with Crippen molar-refractivity contribution in [2.24, 2.45) is 5.92 Å². The minimum absolute atomic E-state index is 0.317. The minimum Gasteiger partial charge on any atom is -0.407 e. The number of nitrogens with one attached hydrogen (secondary N) is 1. The first-order chi connectivity index (χ1) is 8.49. The molecule has 0 aliphatic rings. The molecule has 18 heavy (non-hydrogen) atoms. The predicted molar refractivity (Wildman–Crippen MR) is 70.4 cm³/mol. The van der Waals surface area contributed by atoms with E-state index in [2.05, 4.69) is 29.4 Å². The highest BCUT2D eigenvalue weighted by Crippen LogP contribution is 2.11. The Hall–Kier alpha value is -1.14. The van der Waals surface area contributed by atoms with Gasteiger partial charge in [-0.25, -0.2) is 0 Å². The van der Waals surface area contributed by atoms with E-state index in [9.17, 15) is 5.11 Å². The van der Waals surface area contributed by atoms with Crippen molar-refractivity contribution in [2.45, 2.75) is 39.8 Å². The fourth-order valence-electron chi connectivity index (χ4n) is 1.41. The first-order valence-corrected chi connectivity index (χ1v) is 6.41. The molecule has 1 aromatic rings. The van der Waals surface area contributed by atoms with E-state index in [0.29, 0.717) is 37.3 Å². The summed E-state index contributed by atoms with van der Waals surface area (Å²) in [6.07, 6.45) is 0.363. The maximum absolute atomic E-state index is 9.22. The second kappa shape index (κ2) is 7.33. The number of aliphatic hydroxyl groups excluding tert-OH is 1. The average Bonchev–Trinajstić information content (AvgIpc) is 2.74. The van der Waals surface area contributed by atoms with Crippen LogP contribution in [-0.2, 0) is 6.54 Å². The second-order valence-corrected chi connectivity index (χ2v) is 5.06. The average molecular weight is 256 g/mol. The van der Waals surface area contributed by atoms with Crippen LogP contribution in [0.3, 0.4) is 0 Å². The van der Waals surface area contributed by atoms with E-state index in [-0.39, 0.29) is 6.10 Å². The Morgan fingerprint density at radius 2 is 2.06 bits per heavy atom. The first kappa shape index (κ1) is 14.9. The third-order valence-electron chi connectivity index (χ3n) is 2.49. The summed E-state index contributed by atoms with van der Waals surface area (Å²) >= 11 is 0. The van der Waals surface area contributed by atoms with Crippen LogP contribution in [0.1, 0.15) is 33.1 Å². The van der Waals surface area contributed by atoms with Gasteiger partial charge in [-0.05, 0) is 25.8 Å². The van der Waals surface area contributed by atoms with Gasteiger partial charge in [0.1, 0.15) is 0 Å². The van der Waals surface area contributed by atoms with Gasteiger partial charge in [-0.2, -0.15) is 0 Å². The van der Waals surface area contributed by atoms with Crippen molar-refractivity contribution < 1.29 is 9.52 Å². The Balaban J connectivity index is 2.37. The topological polar surface area (TPSA) is 74.4 Å². The second-order valence-electron chi connectivity index (χ2n) is 5.06. The molecule has 1 aromatic heterocycles. The molecule has 0 amide bonds. The quantitative estimate of drug-likeness (QED) is 0.723. The summed E-state index contributed by atoms with van der Waals surface area (Å²) in [5, 5.41) is 20.4. The molecule has 0 aromatic carbocycles. The molecular weight excluding hydrogens is 232 g/mol. The zero-order chi connectivity index (χ0) is 13.5. The van der Waals surface area contributed by atoms with Gasteiger partial charge in [0.15, 0.2) is 0 Å². The molecule has 0 aliphatic heterocycles. The standard InChI is InChI=1S/C12H24N4O2/c1-9(2)7-13-8-11-14-15-12(18-11)16(4)6-5-10(3)17/h9-10,13,17H,5-8H2,1-4H3. The lowest BCUT2D eigenvalue weighted by atomic mass is 10.2. The summed E-state index contributed by atoms with van der Waals surface area (Å²) in [4.78, 5) is 1.85. The molecule has 1 rings (SSSR count). The Morgan fingerprint density at radius 3 is 2.67 bits per heavy atom. The van der Waals surface area contributed by atoms with E-state index in [1.54, 1.807) is 6.92 Å². The number of aliphatic hydroxyl groups is 1. The highest BCUT2D eigenvalue weighted by atomic mass is 16.4. The van der Waals surface area contributed by atoms with Crippen molar-refractivity contribution in [1.29, 1.82) is 0 Å². The molecule has 1 unspecified atom stereocenters. The van der Waals surface area contributed by atoms with Crippen LogP contribution in [0.4, 0.5) is 6.01 Å². The van der Waals surface area contributed by atoms with Crippen molar-refractivity contribution in [2.75, 3.05) is 25.0 Å². The highest BCUT2D eigenvalue weighted by Gasteiger charge is 2.11. The van der Waals surface area contributed by atoms with Gasteiger partial charge >= 0.3 is 6.01 Å². The van der Waals surface area contributed by atoms with Gasteiger partial charge in [0.2, 0.25) is 5.89 Å². The number of hydrogen-bond donors (Lipinski definition) is 2. The molecule has 0 saturated carbocycles. The highest BCUT2D eigenvalue weighted by molar-refractivity contribution is 5.21. The van der Waals surface area contributed by atoms with Crippen LogP contribution in [0.25, 0.3) is 0 Å². The van der Waals surface area contributed by atoms with E-state index < -0.39 is 0 Å². The Kier molecular flexibility index (Phi) is 6.07. The van der Waals surface area contributed by atoms with Gasteiger partial charge < -0.3 is 19.7 Å². The molecular formula is C12H24N4O2. The molecule has 0 saturated heterocycles. The Labute approximate surface area is 108 Å². The van der Waals surface area contributed by atoms with Gasteiger partial charge in [-0.15, -0.1) is 5.10 Å². The molecule has 0 spiro atoms. The maximum Gasteiger partial charge on any atom is 0.317 e. The van der Waals surface area contributed by atoms with Crippen LogP contribution in [0.5, 0.6) is 0 Å². The monoisotopic (exact) mass is 256 g/mol. The first-order valence-electron chi connectivity index (χ1n) is 6.41. The normalized spacial score (nSPS) is 13.0. The van der Waals surface area contributed by atoms with Gasteiger partial charge in [-0.3, -0.25) is 0 Å². The predicted octanol–water partition coefficient (Wildman–Crippen LogP) is 1.02. The smallest absolute Gasteiger partial charge is 0.317 e. The van der Waals surface area contributed by atoms with Crippen molar-refractivity contribution in [1.82, 2.24) is 15.5 Å². The van der Waals surface area contributed by atoms with Crippen LogP contribution in [-0.4, -0.2) is 41.5 Å². The van der Waals surface area contributed by atoms with Crippen molar-refractivity contribution in [3.05, 3.63) is 5.89 Å². The van der Waals surface area contributed by atoms with Gasteiger partial charge in [-0.1, -0.05) is 18.9 Å². The third-order valence-corrected chi connectivity index (χ3v) is 2.49. The van der Waals surface area contributed by atoms with Crippen molar-refractivity contribution >= 4 is 6.01 Å². The Morgan fingerprint density at radius 1 is 1.33 bits per heavy atom. The Bertz CT molecular complexity index is 339. The SMILES string of the molecule is CC(C)CNCc1nnc(N(C)CCC(C)O)o1. The van der Waals surface area contributed by atoms with E-state index in [4.69, 9.17) is 4.42 Å². The largest absolute Gasteiger partial charge is 0.407 e. The van der Waals surface area contributed by atoms with Crippen LogP contribution < -0.4 is 10.2 Å². The number of aromatic nitrogens is 2. The molecule has 6 heteroatoms.